The molecule has 0 spiro atoms. The first-order valence-corrected chi connectivity index (χ1v) is 9.03. The Balaban J connectivity index is 2.01. The zero-order valence-electron chi connectivity index (χ0n) is 11.2. The third-order valence-electron chi connectivity index (χ3n) is 4.57. The zero-order chi connectivity index (χ0) is 13.2. The fourth-order valence-electron chi connectivity index (χ4n) is 3.31. The Hall–Kier alpha value is -0.130. The van der Waals surface area contributed by atoms with E-state index in [1.54, 1.807) is 0 Å². The Labute approximate surface area is 110 Å². The van der Waals surface area contributed by atoms with Crippen molar-refractivity contribution in [3.05, 3.63) is 0 Å². The predicted octanol–water partition coefficient (Wildman–Crippen LogP) is 1.19. The number of hydrogen-bond donors (Lipinski definition) is 1. The minimum atomic E-state index is -2.91. The molecule has 106 valence electrons. The molecule has 2 unspecified atom stereocenters. The van der Waals surface area contributed by atoms with Gasteiger partial charge in [0, 0.05) is 24.9 Å². The van der Waals surface area contributed by atoms with Crippen LogP contribution in [-0.4, -0.2) is 55.2 Å². The van der Waals surface area contributed by atoms with Crippen LogP contribution in [0.2, 0.25) is 0 Å². The number of hydrogen-bond acceptors (Lipinski definition) is 4. The monoisotopic (exact) mass is 275 g/mol. The minimum absolute atomic E-state index is 0.169. The van der Waals surface area contributed by atoms with Gasteiger partial charge < -0.3 is 5.11 Å². The summed E-state index contributed by atoms with van der Waals surface area (Å²) in [7, 11) is -2.91. The quantitative estimate of drug-likeness (QED) is 0.819. The van der Waals surface area contributed by atoms with Crippen LogP contribution < -0.4 is 0 Å². The van der Waals surface area contributed by atoms with Gasteiger partial charge in [0.05, 0.1) is 11.9 Å². The number of nitrogens with zero attached hydrogens (tertiary/aromatic N) is 1. The van der Waals surface area contributed by atoms with E-state index >= 15 is 0 Å². The van der Waals surface area contributed by atoms with Crippen molar-refractivity contribution in [1.82, 2.24) is 4.90 Å². The number of aliphatic hydroxyl groups excluding tert-OH is 1. The van der Waals surface area contributed by atoms with Crippen LogP contribution in [-0.2, 0) is 9.84 Å². The van der Waals surface area contributed by atoms with Gasteiger partial charge in [-0.05, 0) is 32.1 Å². The first-order valence-electron chi connectivity index (χ1n) is 7.08. The standard InChI is InChI=1S/C13H25NO3S/c1-18(16,17)13-7-3-6-12(10-13)14(8-9-15)11-4-2-5-11/h11-13,15H,2-10H2,1H3. The smallest absolute Gasteiger partial charge is 0.150 e. The normalized spacial score (nSPS) is 30.4. The molecule has 4 nitrogen and oxygen atoms in total. The lowest BCUT2D eigenvalue weighted by Gasteiger charge is -2.45. The van der Waals surface area contributed by atoms with E-state index in [0.717, 1.165) is 25.7 Å². The maximum atomic E-state index is 11.7. The van der Waals surface area contributed by atoms with Gasteiger partial charge in [-0.3, -0.25) is 4.90 Å². The fourth-order valence-corrected chi connectivity index (χ4v) is 4.47. The third kappa shape index (κ3) is 3.25. The second kappa shape index (κ2) is 5.88. The highest BCUT2D eigenvalue weighted by molar-refractivity contribution is 7.91. The number of rotatable bonds is 5. The summed E-state index contributed by atoms with van der Waals surface area (Å²) in [6, 6.07) is 0.941. The van der Waals surface area contributed by atoms with Gasteiger partial charge in [-0.15, -0.1) is 0 Å². The lowest BCUT2D eigenvalue weighted by Crippen LogP contribution is -2.50. The van der Waals surface area contributed by atoms with Gasteiger partial charge in [0.2, 0.25) is 0 Å². The van der Waals surface area contributed by atoms with E-state index in [1.165, 1.54) is 25.5 Å². The lowest BCUT2D eigenvalue weighted by atomic mass is 9.86. The summed E-state index contributed by atoms with van der Waals surface area (Å²) in [5.74, 6) is 0. The van der Waals surface area contributed by atoms with Crippen molar-refractivity contribution in [3.63, 3.8) is 0 Å². The first kappa shape index (κ1) is 14.3. The van der Waals surface area contributed by atoms with Crippen molar-refractivity contribution in [2.75, 3.05) is 19.4 Å². The van der Waals surface area contributed by atoms with Crippen molar-refractivity contribution in [3.8, 4) is 0 Å². The second-order valence-electron chi connectivity index (χ2n) is 5.82. The Morgan fingerprint density at radius 3 is 2.22 bits per heavy atom. The van der Waals surface area contributed by atoms with Crippen LogP contribution in [0.5, 0.6) is 0 Å². The van der Waals surface area contributed by atoms with Gasteiger partial charge in [0.1, 0.15) is 9.84 Å². The molecule has 2 fully saturated rings. The molecule has 2 saturated carbocycles. The molecule has 0 bridgehead atoms. The first-order chi connectivity index (χ1) is 8.52. The maximum Gasteiger partial charge on any atom is 0.150 e. The second-order valence-corrected chi connectivity index (χ2v) is 8.14. The molecule has 2 aliphatic rings. The van der Waals surface area contributed by atoms with Crippen molar-refractivity contribution in [2.24, 2.45) is 0 Å². The van der Waals surface area contributed by atoms with Crippen molar-refractivity contribution >= 4 is 9.84 Å². The van der Waals surface area contributed by atoms with Crippen LogP contribution >= 0.6 is 0 Å². The molecule has 0 heterocycles. The summed E-state index contributed by atoms with van der Waals surface area (Å²) in [5.41, 5.74) is 0. The summed E-state index contributed by atoms with van der Waals surface area (Å²) in [6.45, 7) is 0.877. The van der Waals surface area contributed by atoms with Crippen molar-refractivity contribution < 1.29 is 13.5 Å². The van der Waals surface area contributed by atoms with E-state index in [4.69, 9.17) is 0 Å². The van der Waals surface area contributed by atoms with Gasteiger partial charge in [-0.2, -0.15) is 0 Å². The molecule has 0 saturated heterocycles. The molecule has 18 heavy (non-hydrogen) atoms. The van der Waals surface area contributed by atoms with Gasteiger partial charge in [-0.1, -0.05) is 12.8 Å². The third-order valence-corrected chi connectivity index (χ3v) is 6.21. The Kier molecular flexibility index (Phi) is 4.67. The largest absolute Gasteiger partial charge is 0.395 e. The minimum Gasteiger partial charge on any atom is -0.395 e. The van der Waals surface area contributed by atoms with E-state index in [-0.39, 0.29) is 11.9 Å². The summed E-state index contributed by atoms with van der Waals surface area (Å²) in [4.78, 5) is 2.38. The van der Waals surface area contributed by atoms with E-state index in [9.17, 15) is 13.5 Å². The van der Waals surface area contributed by atoms with Crippen LogP contribution in [0.15, 0.2) is 0 Å². The molecule has 0 aliphatic heterocycles. The molecular weight excluding hydrogens is 250 g/mol. The number of aliphatic hydroxyl groups is 1. The summed E-state index contributed by atoms with van der Waals surface area (Å²) in [5, 5.41) is 9.03. The highest BCUT2D eigenvalue weighted by Crippen LogP contribution is 2.33. The van der Waals surface area contributed by atoms with E-state index in [2.05, 4.69) is 4.90 Å². The molecular formula is C13H25NO3S. The molecule has 2 aliphatic carbocycles. The molecule has 2 rings (SSSR count). The molecule has 1 N–H and O–H groups in total. The van der Waals surface area contributed by atoms with Gasteiger partial charge in [0.15, 0.2) is 0 Å². The summed E-state index contributed by atoms with van der Waals surface area (Å²) < 4.78 is 23.4. The van der Waals surface area contributed by atoms with E-state index in [0.29, 0.717) is 18.6 Å². The highest BCUT2D eigenvalue weighted by Gasteiger charge is 2.35. The van der Waals surface area contributed by atoms with Crippen molar-refractivity contribution in [2.45, 2.75) is 62.3 Å². The average molecular weight is 275 g/mol. The van der Waals surface area contributed by atoms with Crippen LogP contribution in [0.4, 0.5) is 0 Å². The summed E-state index contributed by atoms with van der Waals surface area (Å²) >= 11 is 0. The van der Waals surface area contributed by atoms with Crippen LogP contribution in [0.3, 0.4) is 0 Å². The highest BCUT2D eigenvalue weighted by atomic mass is 32.2. The Morgan fingerprint density at radius 1 is 1.11 bits per heavy atom. The Bertz CT molecular complexity index is 364. The molecule has 0 radical (unpaired) electrons. The average Bonchev–Trinajstić information content (AvgIpc) is 2.25. The van der Waals surface area contributed by atoms with Gasteiger partial charge in [-0.25, -0.2) is 8.42 Å². The molecule has 2 atom stereocenters. The Morgan fingerprint density at radius 2 is 1.72 bits per heavy atom. The SMILES string of the molecule is CS(=O)(=O)C1CCCC(N(CCO)C2CCC2)C1. The summed E-state index contributed by atoms with van der Waals surface area (Å²) in [6.07, 6.45) is 8.70. The molecule has 0 aromatic carbocycles. The molecule has 0 amide bonds. The van der Waals surface area contributed by atoms with Crippen LogP contribution in [0.25, 0.3) is 0 Å². The van der Waals surface area contributed by atoms with Gasteiger partial charge >= 0.3 is 0 Å². The maximum absolute atomic E-state index is 11.7. The van der Waals surface area contributed by atoms with Crippen LogP contribution in [0.1, 0.15) is 44.9 Å². The fraction of sp³-hybridized carbons (Fsp3) is 1.00. The molecule has 0 aromatic heterocycles. The van der Waals surface area contributed by atoms with E-state index in [1.807, 2.05) is 0 Å². The topological polar surface area (TPSA) is 57.6 Å². The van der Waals surface area contributed by atoms with Crippen molar-refractivity contribution in [1.29, 1.82) is 0 Å². The molecule has 5 heteroatoms. The van der Waals surface area contributed by atoms with E-state index < -0.39 is 9.84 Å². The lowest BCUT2D eigenvalue weighted by molar-refractivity contribution is 0.0443. The predicted molar refractivity (Wildman–Crippen MR) is 72.3 cm³/mol. The van der Waals surface area contributed by atoms with Crippen LogP contribution in [0, 0.1) is 0 Å². The number of sulfone groups is 1. The zero-order valence-corrected chi connectivity index (χ0v) is 12.0. The van der Waals surface area contributed by atoms with Gasteiger partial charge in [0.25, 0.3) is 0 Å². The molecule has 0 aromatic rings.